The van der Waals surface area contributed by atoms with Gasteiger partial charge >= 0.3 is 0 Å². The molecule has 2 aromatic carbocycles. The first-order chi connectivity index (χ1) is 10.6. The van der Waals surface area contributed by atoms with Gasteiger partial charge in [-0.3, -0.25) is 15.1 Å². The Morgan fingerprint density at radius 1 is 1.18 bits per heavy atom. The van der Waals surface area contributed by atoms with E-state index in [1.807, 2.05) is 30.3 Å². The minimum Gasteiger partial charge on any atom is -0.489 e. The highest BCUT2D eigenvalue weighted by Gasteiger charge is 2.10. The van der Waals surface area contributed by atoms with E-state index in [2.05, 4.69) is 4.98 Å². The SMILES string of the molecule is Cc1cc(OCc2cnc3ccccc3c2)ccc1[N+](=O)[O-]. The van der Waals surface area contributed by atoms with E-state index in [-0.39, 0.29) is 5.69 Å². The second kappa shape index (κ2) is 5.81. The van der Waals surface area contributed by atoms with Gasteiger partial charge in [0.15, 0.2) is 0 Å². The standard InChI is InChI=1S/C17H14N2O3/c1-12-8-15(6-7-17(12)19(20)21)22-11-13-9-14-4-2-3-5-16(14)18-10-13/h2-10H,11H2,1H3. The van der Waals surface area contributed by atoms with E-state index in [0.717, 1.165) is 16.5 Å². The molecule has 3 aromatic rings. The van der Waals surface area contributed by atoms with Gasteiger partial charge in [-0.25, -0.2) is 0 Å². The molecule has 22 heavy (non-hydrogen) atoms. The third-order valence-electron chi connectivity index (χ3n) is 3.42. The molecular formula is C17H14N2O3. The first kappa shape index (κ1) is 14.0. The quantitative estimate of drug-likeness (QED) is 0.538. The van der Waals surface area contributed by atoms with Crippen LogP contribution in [-0.2, 0) is 6.61 Å². The highest BCUT2D eigenvalue weighted by molar-refractivity contribution is 5.78. The Balaban J connectivity index is 1.76. The number of hydrogen-bond acceptors (Lipinski definition) is 4. The van der Waals surface area contributed by atoms with Crippen molar-refractivity contribution in [2.24, 2.45) is 0 Å². The number of aromatic nitrogens is 1. The number of nitrogens with zero attached hydrogens (tertiary/aromatic N) is 2. The van der Waals surface area contributed by atoms with Crippen LogP contribution in [0.25, 0.3) is 10.9 Å². The Kier molecular flexibility index (Phi) is 3.70. The zero-order valence-corrected chi connectivity index (χ0v) is 12.0. The molecule has 110 valence electrons. The molecule has 1 aromatic heterocycles. The normalized spacial score (nSPS) is 10.6. The number of hydrogen-bond donors (Lipinski definition) is 0. The van der Waals surface area contributed by atoms with Gasteiger partial charge in [0.2, 0.25) is 0 Å². The van der Waals surface area contributed by atoms with Crippen molar-refractivity contribution in [3.05, 3.63) is 76.0 Å². The van der Waals surface area contributed by atoms with Gasteiger partial charge < -0.3 is 4.74 Å². The molecular weight excluding hydrogens is 280 g/mol. The van der Waals surface area contributed by atoms with Gasteiger partial charge in [-0.15, -0.1) is 0 Å². The maximum absolute atomic E-state index is 10.8. The monoisotopic (exact) mass is 294 g/mol. The average molecular weight is 294 g/mol. The molecule has 0 amide bonds. The van der Waals surface area contributed by atoms with Gasteiger partial charge in [0, 0.05) is 28.8 Å². The van der Waals surface area contributed by atoms with E-state index in [1.54, 1.807) is 25.3 Å². The van der Waals surface area contributed by atoms with Crippen LogP contribution in [0.2, 0.25) is 0 Å². The van der Waals surface area contributed by atoms with Gasteiger partial charge in [-0.1, -0.05) is 18.2 Å². The molecule has 3 rings (SSSR count). The highest BCUT2D eigenvalue weighted by atomic mass is 16.6. The van der Waals surface area contributed by atoms with Crippen molar-refractivity contribution in [1.29, 1.82) is 0 Å². The third kappa shape index (κ3) is 2.88. The number of rotatable bonds is 4. The lowest BCUT2D eigenvalue weighted by Crippen LogP contribution is -1.98. The third-order valence-corrected chi connectivity index (χ3v) is 3.42. The summed E-state index contributed by atoms with van der Waals surface area (Å²) >= 11 is 0. The second-order valence-electron chi connectivity index (χ2n) is 5.03. The predicted octanol–water partition coefficient (Wildman–Crippen LogP) is 4.03. The Bertz CT molecular complexity index is 846. The maximum Gasteiger partial charge on any atom is 0.272 e. The topological polar surface area (TPSA) is 65.3 Å². The summed E-state index contributed by atoms with van der Waals surface area (Å²) in [5, 5.41) is 11.9. The van der Waals surface area contributed by atoms with Gasteiger partial charge in [0.25, 0.3) is 5.69 Å². The molecule has 0 radical (unpaired) electrons. The molecule has 0 fully saturated rings. The van der Waals surface area contributed by atoms with Gasteiger partial charge in [-0.2, -0.15) is 0 Å². The van der Waals surface area contributed by atoms with Crippen LogP contribution in [-0.4, -0.2) is 9.91 Å². The molecule has 0 saturated heterocycles. The Labute approximate surface area is 127 Å². The van der Waals surface area contributed by atoms with Gasteiger partial charge in [0.05, 0.1) is 10.4 Å². The van der Waals surface area contributed by atoms with Crippen LogP contribution in [0.5, 0.6) is 5.75 Å². The van der Waals surface area contributed by atoms with Crippen LogP contribution >= 0.6 is 0 Å². The fourth-order valence-electron chi connectivity index (χ4n) is 2.28. The number of nitro groups is 1. The summed E-state index contributed by atoms with van der Waals surface area (Å²) in [5.41, 5.74) is 2.57. The summed E-state index contributed by atoms with van der Waals surface area (Å²) in [6.07, 6.45) is 1.78. The molecule has 0 N–H and O–H groups in total. The van der Waals surface area contributed by atoms with Crippen molar-refractivity contribution in [2.75, 3.05) is 0 Å². The fourth-order valence-corrected chi connectivity index (χ4v) is 2.28. The van der Waals surface area contributed by atoms with E-state index in [4.69, 9.17) is 4.74 Å². The molecule has 5 nitrogen and oxygen atoms in total. The summed E-state index contributed by atoms with van der Waals surface area (Å²) in [6.45, 7) is 2.07. The largest absolute Gasteiger partial charge is 0.489 e. The van der Waals surface area contributed by atoms with Crippen molar-refractivity contribution in [3.8, 4) is 5.75 Å². The lowest BCUT2D eigenvalue weighted by molar-refractivity contribution is -0.385. The minimum absolute atomic E-state index is 0.0970. The van der Waals surface area contributed by atoms with Crippen molar-refractivity contribution < 1.29 is 9.66 Å². The van der Waals surface area contributed by atoms with Gasteiger partial charge in [-0.05, 0) is 31.2 Å². The van der Waals surface area contributed by atoms with Crippen LogP contribution in [0.3, 0.4) is 0 Å². The number of nitro benzene ring substituents is 1. The van der Waals surface area contributed by atoms with E-state index < -0.39 is 4.92 Å². The molecule has 0 aliphatic heterocycles. The molecule has 1 heterocycles. The number of ether oxygens (including phenoxy) is 1. The Hall–Kier alpha value is -2.95. The van der Waals surface area contributed by atoms with Crippen molar-refractivity contribution in [3.63, 3.8) is 0 Å². The lowest BCUT2D eigenvalue weighted by Gasteiger charge is -2.08. The molecule has 0 aliphatic carbocycles. The lowest BCUT2D eigenvalue weighted by atomic mass is 10.1. The van der Waals surface area contributed by atoms with E-state index >= 15 is 0 Å². The van der Waals surface area contributed by atoms with Crippen LogP contribution in [0.1, 0.15) is 11.1 Å². The maximum atomic E-state index is 10.8. The van der Waals surface area contributed by atoms with E-state index in [0.29, 0.717) is 17.9 Å². The summed E-state index contributed by atoms with van der Waals surface area (Å²) < 4.78 is 5.69. The number of aryl methyl sites for hydroxylation is 1. The number of benzene rings is 2. The molecule has 0 bridgehead atoms. The summed E-state index contributed by atoms with van der Waals surface area (Å²) in [7, 11) is 0. The molecule has 0 atom stereocenters. The molecule has 0 aliphatic rings. The van der Waals surface area contributed by atoms with Crippen molar-refractivity contribution >= 4 is 16.6 Å². The molecule has 5 heteroatoms. The molecule has 0 spiro atoms. The zero-order chi connectivity index (χ0) is 15.5. The summed E-state index contributed by atoms with van der Waals surface area (Å²) in [4.78, 5) is 14.8. The second-order valence-corrected chi connectivity index (χ2v) is 5.03. The number of pyridine rings is 1. The highest BCUT2D eigenvalue weighted by Crippen LogP contribution is 2.24. The molecule has 0 saturated carbocycles. The Morgan fingerprint density at radius 3 is 2.77 bits per heavy atom. The van der Waals surface area contributed by atoms with Crippen LogP contribution in [0.4, 0.5) is 5.69 Å². The molecule has 0 unspecified atom stereocenters. The Morgan fingerprint density at radius 2 is 2.00 bits per heavy atom. The van der Waals surface area contributed by atoms with Crippen LogP contribution in [0, 0.1) is 17.0 Å². The summed E-state index contributed by atoms with van der Waals surface area (Å²) in [6, 6.07) is 14.6. The smallest absolute Gasteiger partial charge is 0.272 e. The van der Waals surface area contributed by atoms with E-state index in [1.165, 1.54) is 6.07 Å². The minimum atomic E-state index is -0.396. The first-order valence-corrected chi connectivity index (χ1v) is 6.85. The van der Waals surface area contributed by atoms with Gasteiger partial charge in [0.1, 0.15) is 12.4 Å². The summed E-state index contributed by atoms with van der Waals surface area (Å²) in [5.74, 6) is 0.608. The zero-order valence-electron chi connectivity index (χ0n) is 12.0. The van der Waals surface area contributed by atoms with E-state index in [9.17, 15) is 10.1 Å². The van der Waals surface area contributed by atoms with Crippen LogP contribution in [0.15, 0.2) is 54.7 Å². The number of para-hydroxylation sites is 1. The first-order valence-electron chi connectivity index (χ1n) is 6.85. The number of fused-ring (bicyclic) bond motifs is 1. The van der Waals surface area contributed by atoms with Crippen LogP contribution < -0.4 is 4.74 Å². The van der Waals surface area contributed by atoms with Crippen molar-refractivity contribution in [1.82, 2.24) is 4.98 Å². The fraction of sp³-hybridized carbons (Fsp3) is 0.118. The van der Waals surface area contributed by atoms with Crippen molar-refractivity contribution in [2.45, 2.75) is 13.5 Å². The predicted molar refractivity (Wildman–Crippen MR) is 83.9 cm³/mol. The average Bonchev–Trinajstić information content (AvgIpc) is 2.52.